The van der Waals surface area contributed by atoms with Gasteiger partial charge in [0.15, 0.2) is 0 Å². The molecular weight excluding hydrogens is 272 g/mol. The van der Waals surface area contributed by atoms with Crippen LogP contribution in [-0.2, 0) is 10.0 Å². The highest BCUT2D eigenvalue weighted by Gasteiger charge is 2.17. The van der Waals surface area contributed by atoms with Gasteiger partial charge in [-0.05, 0) is 38.0 Å². The van der Waals surface area contributed by atoms with Gasteiger partial charge in [0.1, 0.15) is 0 Å². The summed E-state index contributed by atoms with van der Waals surface area (Å²) in [4.78, 5) is 0.317. The van der Waals surface area contributed by atoms with Crippen LogP contribution < -0.4 is 5.32 Å². The normalized spacial score (nSPS) is 15.1. The maximum Gasteiger partial charge on any atom is 0.242 e. The summed E-state index contributed by atoms with van der Waals surface area (Å²) in [6, 6.07) is 7.53. The zero-order chi connectivity index (χ0) is 15.3. The van der Waals surface area contributed by atoms with Crippen molar-refractivity contribution in [1.82, 2.24) is 9.62 Å². The first kappa shape index (κ1) is 16.9. The van der Waals surface area contributed by atoms with Crippen molar-refractivity contribution >= 4 is 10.0 Å². The summed E-state index contributed by atoms with van der Waals surface area (Å²) in [5.41, 5.74) is 1.07. The number of sulfonamides is 1. The van der Waals surface area contributed by atoms with Crippen molar-refractivity contribution in [3.63, 3.8) is 0 Å². The van der Waals surface area contributed by atoms with Crippen molar-refractivity contribution in [3.05, 3.63) is 42.5 Å². The molecule has 0 spiro atoms. The van der Waals surface area contributed by atoms with E-state index >= 15 is 0 Å². The molecule has 0 aromatic heterocycles. The molecule has 0 bridgehead atoms. The molecule has 1 aromatic rings. The van der Waals surface area contributed by atoms with Crippen LogP contribution in [0.25, 0.3) is 0 Å². The summed E-state index contributed by atoms with van der Waals surface area (Å²) in [6.45, 7) is 7.89. The van der Waals surface area contributed by atoms with Crippen LogP contribution >= 0.6 is 0 Å². The van der Waals surface area contributed by atoms with E-state index in [1.807, 2.05) is 18.2 Å². The Hall–Kier alpha value is -1.17. The SMILES string of the molecule is C=CCC(C)NC(C)c1ccc(S(=O)(=O)N(C)C)cc1. The van der Waals surface area contributed by atoms with Gasteiger partial charge in [0.25, 0.3) is 0 Å². The first-order valence-corrected chi connectivity index (χ1v) is 8.12. The van der Waals surface area contributed by atoms with E-state index in [0.29, 0.717) is 10.9 Å². The highest BCUT2D eigenvalue weighted by atomic mass is 32.2. The molecule has 2 atom stereocenters. The van der Waals surface area contributed by atoms with E-state index in [0.717, 1.165) is 12.0 Å². The fourth-order valence-electron chi connectivity index (χ4n) is 1.98. The molecule has 0 fully saturated rings. The molecule has 1 rings (SSSR count). The summed E-state index contributed by atoms with van der Waals surface area (Å²) in [5, 5.41) is 3.45. The summed E-state index contributed by atoms with van der Waals surface area (Å²) < 4.78 is 25.2. The lowest BCUT2D eigenvalue weighted by atomic mass is 10.1. The number of nitrogens with zero attached hydrogens (tertiary/aromatic N) is 1. The van der Waals surface area contributed by atoms with Crippen molar-refractivity contribution in [2.45, 2.75) is 37.2 Å². The standard InChI is InChI=1S/C15H24N2O2S/c1-6-7-12(2)16-13(3)14-8-10-15(11-9-14)20(18,19)17(4)5/h6,8-13,16H,1,7H2,2-5H3. The number of hydrogen-bond donors (Lipinski definition) is 1. The molecule has 2 unspecified atom stereocenters. The first-order valence-electron chi connectivity index (χ1n) is 6.68. The largest absolute Gasteiger partial charge is 0.307 e. The number of benzene rings is 1. The zero-order valence-electron chi connectivity index (χ0n) is 12.6. The van der Waals surface area contributed by atoms with E-state index in [1.165, 1.54) is 18.4 Å². The second-order valence-electron chi connectivity index (χ2n) is 5.17. The molecule has 1 aromatic carbocycles. The first-order chi connectivity index (χ1) is 9.28. The minimum atomic E-state index is -3.35. The third-order valence-corrected chi connectivity index (χ3v) is 5.04. The van der Waals surface area contributed by atoms with Gasteiger partial charge in [-0.15, -0.1) is 6.58 Å². The Kier molecular flexibility index (Phi) is 5.92. The van der Waals surface area contributed by atoms with Crippen molar-refractivity contribution < 1.29 is 8.42 Å². The van der Waals surface area contributed by atoms with E-state index < -0.39 is 10.0 Å². The summed E-state index contributed by atoms with van der Waals surface area (Å²) in [5.74, 6) is 0. The molecule has 1 N–H and O–H groups in total. The van der Waals surface area contributed by atoms with E-state index in [4.69, 9.17) is 0 Å². The van der Waals surface area contributed by atoms with Crippen molar-refractivity contribution in [1.29, 1.82) is 0 Å². The van der Waals surface area contributed by atoms with E-state index in [-0.39, 0.29) is 6.04 Å². The second kappa shape index (κ2) is 7.02. The van der Waals surface area contributed by atoms with Gasteiger partial charge in [-0.3, -0.25) is 0 Å². The van der Waals surface area contributed by atoms with Gasteiger partial charge in [-0.2, -0.15) is 0 Å². The molecule has 4 nitrogen and oxygen atoms in total. The fraction of sp³-hybridized carbons (Fsp3) is 0.467. The molecule has 112 valence electrons. The molecule has 0 saturated carbocycles. The minimum Gasteiger partial charge on any atom is -0.307 e. The molecular formula is C15H24N2O2S. The third-order valence-electron chi connectivity index (χ3n) is 3.21. The van der Waals surface area contributed by atoms with Crippen molar-refractivity contribution in [3.8, 4) is 0 Å². The molecule has 0 heterocycles. The molecule has 0 amide bonds. The monoisotopic (exact) mass is 296 g/mol. The molecule has 0 saturated heterocycles. The van der Waals surface area contributed by atoms with Crippen LogP contribution in [0.5, 0.6) is 0 Å². The average molecular weight is 296 g/mol. The van der Waals surface area contributed by atoms with Gasteiger partial charge >= 0.3 is 0 Å². The highest BCUT2D eigenvalue weighted by molar-refractivity contribution is 7.89. The van der Waals surface area contributed by atoms with Crippen LogP contribution in [0.3, 0.4) is 0 Å². The van der Waals surface area contributed by atoms with Crippen LogP contribution in [0.15, 0.2) is 41.8 Å². The van der Waals surface area contributed by atoms with Gasteiger partial charge < -0.3 is 5.32 Å². The maximum atomic E-state index is 12.0. The molecule has 0 aliphatic carbocycles. The van der Waals surface area contributed by atoms with Crippen LogP contribution in [0.1, 0.15) is 31.9 Å². The third kappa shape index (κ3) is 4.16. The number of rotatable bonds is 7. The Morgan fingerprint density at radius 2 is 1.80 bits per heavy atom. The van der Waals surface area contributed by atoms with Gasteiger partial charge in [0, 0.05) is 26.2 Å². The summed E-state index contributed by atoms with van der Waals surface area (Å²) >= 11 is 0. The molecule has 5 heteroatoms. The lowest BCUT2D eigenvalue weighted by Gasteiger charge is -2.20. The smallest absolute Gasteiger partial charge is 0.242 e. The Labute approximate surface area is 122 Å². The number of nitrogens with one attached hydrogen (secondary N) is 1. The Bertz CT molecular complexity index is 535. The molecule has 0 aliphatic heterocycles. The Balaban J connectivity index is 2.84. The fourth-order valence-corrected chi connectivity index (χ4v) is 2.88. The average Bonchev–Trinajstić information content (AvgIpc) is 2.38. The second-order valence-corrected chi connectivity index (χ2v) is 7.32. The predicted octanol–water partition coefficient (Wildman–Crippen LogP) is 2.55. The molecule has 20 heavy (non-hydrogen) atoms. The predicted molar refractivity (Wildman–Crippen MR) is 83.1 cm³/mol. The van der Waals surface area contributed by atoms with Crippen LogP contribution in [0.2, 0.25) is 0 Å². The van der Waals surface area contributed by atoms with E-state index in [1.54, 1.807) is 12.1 Å². The minimum absolute atomic E-state index is 0.168. The Morgan fingerprint density at radius 3 is 2.25 bits per heavy atom. The van der Waals surface area contributed by atoms with Gasteiger partial charge in [-0.25, -0.2) is 12.7 Å². The topological polar surface area (TPSA) is 49.4 Å². The zero-order valence-corrected chi connectivity index (χ0v) is 13.4. The van der Waals surface area contributed by atoms with E-state index in [2.05, 4.69) is 25.7 Å². The molecule has 0 radical (unpaired) electrons. The summed E-state index contributed by atoms with van der Waals surface area (Å²) in [6.07, 6.45) is 2.79. The lowest BCUT2D eigenvalue weighted by Crippen LogP contribution is -2.28. The Morgan fingerprint density at radius 1 is 1.25 bits per heavy atom. The van der Waals surface area contributed by atoms with Crippen LogP contribution in [-0.4, -0.2) is 32.9 Å². The van der Waals surface area contributed by atoms with Crippen molar-refractivity contribution in [2.24, 2.45) is 0 Å². The maximum absolute atomic E-state index is 12.0. The van der Waals surface area contributed by atoms with Gasteiger partial charge in [-0.1, -0.05) is 18.2 Å². The van der Waals surface area contributed by atoms with Crippen molar-refractivity contribution in [2.75, 3.05) is 14.1 Å². The summed E-state index contributed by atoms with van der Waals surface area (Å²) in [7, 11) is -0.287. The van der Waals surface area contributed by atoms with Crippen LogP contribution in [0.4, 0.5) is 0 Å². The van der Waals surface area contributed by atoms with Crippen LogP contribution in [0, 0.1) is 0 Å². The molecule has 0 aliphatic rings. The lowest BCUT2D eigenvalue weighted by molar-refractivity contribution is 0.482. The van der Waals surface area contributed by atoms with Gasteiger partial charge in [0.05, 0.1) is 4.90 Å². The number of hydrogen-bond acceptors (Lipinski definition) is 3. The van der Waals surface area contributed by atoms with E-state index in [9.17, 15) is 8.42 Å². The quantitative estimate of drug-likeness (QED) is 0.787. The highest BCUT2D eigenvalue weighted by Crippen LogP contribution is 2.18. The van der Waals surface area contributed by atoms with Gasteiger partial charge in [0.2, 0.25) is 10.0 Å².